The lowest BCUT2D eigenvalue weighted by atomic mass is 9.81. The Kier molecular flexibility index (Phi) is 8.21. The van der Waals surface area contributed by atoms with Crippen LogP contribution in [0.15, 0.2) is 206 Å². The normalized spacial score (nSPS) is 12.5. The quantitative estimate of drug-likeness (QED) is 0.158. The predicted molar refractivity (Wildman–Crippen MR) is 224 cm³/mol. The molecule has 8 aromatic carbocycles. The van der Waals surface area contributed by atoms with Crippen molar-refractivity contribution in [3.05, 3.63) is 217 Å². The van der Waals surface area contributed by atoms with E-state index in [1.54, 1.807) is 0 Å². The van der Waals surface area contributed by atoms with Crippen LogP contribution in [-0.2, 0) is 5.41 Å². The fraction of sp³-hybridized carbons (Fsp3) is 0.0588. The Hall–Kier alpha value is -6.64. The number of benzene rings is 8. The molecule has 0 atom stereocenters. The molecule has 0 fully saturated rings. The van der Waals surface area contributed by atoms with E-state index in [4.69, 9.17) is 0 Å². The standard InChI is InChI=1S/C51H40N2/c1-51(2)47-26-16-15-25-46(47)49-48(51)36-35-45(39-29-33-43(34-30-39)52(40-19-9-4-10-20-40)41-21-11-5-12-22-41)50(49)53(42-23-13-6-14-24-42)44-31-27-38(28-32-44)37-17-7-3-8-18-37/h3-36H,1-2H3. The minimum absolute atomic E-state index is 0.144. The van der Waals surface area contributed by atoms with E-state index in [9.17, 15) is 0 Å². The zero-order valence-electron chi connectivity index (χ0n) is 30.0. The fourth-order valence-electron chi connectivity index (χ4n) is 8.05. The van der Waals surface area contributed by atoms with E-state index < -0.39 is 0 Å². The van der Waals surface area contributed by atoms with Gasteiger partial charge in [0.2, 0.25) is 0 Å². The van der Waals surface area contributed by atoms with Gasteiger partial charge in [-0.2, -0.15) is 0 Å². The molecule has 2 heteroatoms. The van der Waals surface area contributed by atoms with Gasteiger partial charge >= 0.3 is 0 Å². The van der Waals surface area contributed by atoms with Crippen LogP contribution in [-0.4, -0.2) is 0 Å². The zero-order valence-corrected chi connectivity index (χ0v) is 30.0. The summed E-state index contributed by atoms with van der Waals surface area (Å²) in [5.74, 6) is 0. The van der Waals surface area contributed by atoms with Crippen LogP contribution in [0.25, 0.3) is 33.4 Å². The highest BCUT2D eigenvalue weighted by atomic mass is 15.2. The first-order valence-electron chi connectivity index (χ1n) is 18.4. The third-order valence-electron chi connectivity index (χ3n) is 10.7. The molecule has 254 valence electrons. The molecule has 0 aromatic heterocycles. The lowest BCUT2D eigenvalue weighted by Gasteiger charge is -2.31. The molecule has 1 aliphatic carbocycles. The van der Waals surface area contributed by atoms with E-state index >= 15 is 0 Å². The monoisotopic (exact) mass is 680 g/mol. The van der Waals surface area contributed by atoms with Crippen LogP contribution in [0.5, 0.6) is 0 Å². The summed E-state index contributed by atoms with van der Waals surface area (Å²) < 4.78 is 0. The van der Waals surface area contributed by atoms with Crippen LogP contribution in [0.3, 0.4) is 0 Å². The molecule has 0 unspecified atom stereocenters. The van der Waals surface area contributed by atoms with E-state index in [-0.39, 0.29) is 5.41 Å². The van der Waals surface area contributed by atoms with Gasteiger partial charge in [0.1, 0.15) is 0 Å². The topological polar surface area (TPSA) is 6.48 Å². The molecule has 53 heavy (non-hydrogen) atoms. The summed E-state index contributed by atoms with van der Waals surface area (Å²) >= 11 is 0. The van der Waals surface area contributed by atoms with Gasteiger partial charge in [-0.25, -0.2) is 0 Å². The van der Waals surface area contributed by atoms with E-state index in [1.165, 1.54) is 44.6 Å². The third-order valence-corrected chi connectivity index (χ3v) is 10.7. The molecule has 0 saturated heterocycles. The van der Waals surface area contributed by atoms with Gasteiger partial charge < -0.3 is 9.80 Å². The van der Waals surface area contributed by atoms with Crippen LogP contribution in [0, 0.1) is 0 Å². The second-order valence-electron chi connectivity index (χ2n) is 14.2. The van der Waals surface area contributed by atoms with Crippen LogP contribution >= 0.6 is 0 Å². The summed E-state index contributed by atoms with van der Waals surface area (Å²) in [6.45, 7) is 4.72. The van der Waals surface area contributed by atoms with Gasteiger partial charge in [0.05, 0.1) is 5.69 Å². The van der Waals surface area contributed by atoms with Crippen molar-refractivity contribution in [2.45, 2.75) is 19.3 Å². The van der Waals surface area contributed by atoms with Gasteiger partial charge in [-0.3, -0.25) is 0 Å². The summed E-state index contributed by atoms with van der Waals surface area (Å²) in [6.07, 6.45) is 0. The fourth-order valence-corrected chi connectivity index (χ4v) is 8.05. The molecule has 0 heterocycles. The lowest BCUT2D eigenvalue weighted by molar-refractivity contribution is 0.660. The van der Waals surface area contributed by atoms with Gasteiger partial charge in [0, 0.05) is 45.0 Å². The van der Waals surface area contributed by atoms with Gasteiger partial charge in [0.25, 0.3) is 0 Å². The van der Waals surface area contributed by atoms with E-state index in [0.29, 0.717) is 0 Å². The zero-order chi connectivity index (χ0) is 35.8. The first kappa shape index (κ1) is 32.3. The first-order valence-corrected chi connectivity index (χ1v) is 18.4. The summed E-state index contributed by atoms with van der Waals surface area (Å²) in [6, 6.07) is 74.4. The molecular weight excluding hydrogens is 641 g/mol. The molecule has 0 spiro atoms. The molecule has 0 amide bonds. The summed E-state index contributed by atoms with van der Waals surface area (Å²) in [5, 5.41) is 0. The minimum atomic E-state index is -0.144. The van der Waals surface area contributed by atoms with Gasteiger partial charge in [0.15, 0.2) is 0 Å². The molecule has 0 N–H and O–H groups in total. The number of fused-ring (bicyclic) bond motifs is 3. The Bertz CT molecular complexity index is 2450. The molecule has 0 saturated carbocycles. The second-order valence-corrected chi connectivity index (χ2v) is 14.2. The van der Waals surface area contributed by atoms with Crippen molar-refractivity contribution in [3.8, 4) is 33.4 Å². The molecular formula is C51H40N2. The van der Waals surface area contributed by atoms with Crippen molar-refractivity contribution in [2.24, 2.45) is 0 Å². The number of hydrogen-bond donors (Lipinski definition) is 0. The lowest BCUT2D eigenvalue weighted by Crippen LogP contribution is -2.16. The van der Waals surface area contributed by atoms with Gasteiger partial charge in [-0.1, -0.05) is 159 Å². The number of nitrogens with zero attached hydrogens (tertiary/aromatic N) is 2. The highest BCUT2D eigenvalue weighted by Crippen LogP contribution is 2.57. The van der Waals surface area contributed by atoms with E-state index in [1.807, 2.05) is 0 Å². The molecule has 2 nitrogen and oxygen atoms in total. The third kappa shape index (κ3) is 5.79. The van der Waals surface area contributed by atoms with Crippen molar-refractivity contribution < 1.29 is 0 Å². The van der Waals surface area contributed by atoms with E-state index in [0.717, 1.165) is 34.0 Å². The maximum atomic E-state index is 2.47. The smallest absolute Gasteiger partial charge is 0.0621 e. The Balaban J connectivity index is 1.26. The van der Waals surface area contributed by atoms with Crippen molar-refractivity contribution >= 4 is 34.1 Å². The van der Waals surface area contributed by atoms with Gasteiger partial charge in [-0.15, -0.1) is 0 Å². The average Bonchev–Trinajstić information content (AvgIpc) is 3.46. The molecule has 0 aliphatic heterocycles. The number of para-hydroxylation sites is 3. The van der Waals surface area contributed by atoms with Crippen LogP contribution < -0.4 is 9.80 Å². The second kappa shape index (κ2) is 13.5. The minimum Gasteiger partial charge on any atom is -0.311 e. The molecule has 0 radical (unpaired) electrons. The Labute approximate surface area is 312 Å². The summed E-state index contributed by atoms with van der Waals surface area (Å²) in [4.78, 5) is 4.78. The molecule has 8 aromatic rings. The summed E-state index contributed by atoms with van der Waals surface area (Å²) in [5.41, 5.74) is 16.7. The van der Waals surface area contributed by atoms with Crippen LogP contribution in [0.4, 0.5) is 34.1 Å². The number of anilines is 6. The summed E-state index contributed by atoms with van der Waals surface area (Å²) in [7, 11) is 0. The first-order chi connectivity index (χ1) is 26.1. The van der Waals surface area contributed by atoms with Crippen molar-refractivity contribution in [1.29, 1.82) is 0 Å². The van der Waals surface area contributed by atoms with Crippen LogP contribution in [0.2, 0.25) is 0 Å². The maximum Gasteiger partial charge on any atom is 0.0621 e. The van der Waals surface area contributed by atoms with Crippen molar-refractivity contribution in [1.82, 2.24) is 0 Å². The highest BCUT2D eigenvalue weighted by molar-refractivity contribution is 6.02. The molecule has 1 aliphatic rings. The van der Waals surface area contributed by atoms with E-state index in [2.05, 4.69) is 230 Å². The Morgan fingerprint density at radius 1 is 0.302 bits per heavy atom. The molecule has 9 rings (SSSR count). The number of rotatable bonds is 8. The SMILES string of the molecule is CC1(C)c2ccccc2-c2c1ccc(-c1ccc(N(c3ccccc3)c3ccccc3)cc1)c2N(c1ccccc1)c1ccc(-c2ccccc2)cc1. The van der Waals surface area contributed by atoms with Crippen molar-refractivity contribution in [2.75, 3.05) is 9.80 Å². The maximum absolute atomic E-state index is 2.47. The van der Waals surface area contributed by atoms with Gasteiger partial charge in [-0.05, 0) is 94.0 Å². The Morgan fingerprint density at radius 3 is 1.28 bits per heavy atom. The molecule has 0 bridgehead atoms. The van der Waals surface area contributed by atoms with Crippen molar-refractivity contribution in [3.63, 3.8) is 0 Å². The predicted octanol–water partition coefficient (Wildman–Crippen LogP) is 14.3. The highest BCUT2D eigenvalue weighted by Gasteiger charge is 2.39. The Morgan fingerprint density at radius 2 is 0.717 bits per heavy atom. The largest absolute Gasteiger partial charge is 0.311 e. The number of hydrogen-bond acceptors (Lipinski definition) is 2. The van der Waals surface area contributed by atoms with Crippen LogP contribution in [0.1, 0.15) is 25.0 Å². The average molecular weight is 681 g/mol.